The fraction of sp³-hybridized carbons (Fsp3) is 0.500. The smallest absolute Gasteiger partial charge is 0.366 e. The van der Waals surface area contributed by atoms with Crippen molar-refractivity contribution in [2.45, 2.75) is 31.1 Å². The van der Waals surface area contributed by atoms with Crippen LogP contribution < -0.4 is 27.7 Å². The third-order valence-electron chi connectivity index (χ3n) is 5.28. The van der Waals surface area contributed by atoms with E-state index < -0.39 is 41.7 Å². The molecule has 12 heteroatoms. The highest BCUT2D eigenvalue weighted by molar-refractivity contribution is 6.38. The van der Waals surface area contributed by atoms with Crippen molar-refractivity contribution in [3.8, 4) is 0 Å². The molecule has 0 radical (unpaired) electrons. The number of halogens is 5. The van der Waals surface area contributed by atoms with Crippen LogP contribution in [0.1, 0.15) is 18.9 Å². The summed E-state index contributed by atoms with van der Waals surface area (Å²) >= 11 is 6.36. The van der Waals surface area contributed by atoms with E-state index >= 15 is 0 Å². The molecule has 1 aromatic carbocycles. The fourth-order valence-electron chi connectivity index (χ4n) is 3.74. The van der Waals surface area contributed by atoms with Gasteiger partial charge in [0.05, 0.1) is 27.5 Å². The van der Waals surface area contributed by atoms with E-state index in [1.807, 2.05) is 0 Å². The topological polar surface area (TPSA) is 99.3 Å². The number of nitrogen functional groups attached to an aromatic ring is 1. The van der Waals surface area contributed by atoms with Gasteiger partial charge in [-0.05, 0) is 18.9 Å². The second-order valence-corrected chi connectivity index (χ2v) is 7.57. The molecule has 0 unspecified atom stereocenters. The summed E-state index contributed by atoms with van der Waals surface area (Å²) in [6, 6.07) is -0.661. The molecule has 1 saturated heterocycles. The van der Waals surface area contributed by atoms with Crippen LogP contribution in [0.2, 0.25) is 5.02 Å². The molecule has 7 nitrogen and oxygen atoms in total. The first-order valence-corrected chi connectivity index (χ1v) is 8.91. The van der Waals surface area contributed by atoms with Crippen molar-refractivity contribution in [3.05, 3.63) is 37.7 Å². The van der Waals surface area contributed by atoms with E-state index in [1.54, 1.807) is 0 Å². The Morgan fingerprint density at radius 1 is 1.18 bits per heavy atom. The highest BCUT2D eigenvalue weighted by atomic mass is 35.5. The number of hydrogen-bond donors (Lipinski definition) is 2. The summed E-state index contributed by atoms with van der Waals surface area (Å²) < 4.78 is 55.8. The van der Waals surface area contributed by atoms with E-state index in [1.165, 1.54) is 4.57 Å². The first-order chi connectivity index (χ1) is 13.0. The van der Waals surface area contributed by atoms with Gasteiger partial charge in [-0.25, -0.2) is 9.18 Å². The minimum Gasteiger partial charge on any atom is -0.366 e. The minimum absolute atomic E-state index is 0.0266. The van der Waals surface area contributed by atoms with Gasteiger partial charge in [0.1, 0.15) is 5.82 Å². The Morgan fingerprint density at radius 3 is 2.36 bits per heavy atom. The monoisotopic (exact) mass is 421 g/mol. The Morgan fingerprint density at radius 2 is 1.82 bits per heavy atom. The quantitative estimate of drug-likeness (QED) is 0.563. The number of benzene rings is 1. The lowest BCUT2D eigenvalue weighted by Crippen LogP contribution is -2.44. The largest absolute Gasteiger partial charge is 0.395 e. The predicted molar refractivity (Wildman–Crippen MR) is 95.6 cm³/mol. The van der Waals surface area contributed by atoms with Gasteiger partial charge in [-0.3, -0.25) is 9.36 Å². The summed E-state index contributed by atoms with van der Waals surface area (Å²) in [6.45, 7) is -0.845. The summed E-state index contributed by atoms with van der Waals surface area (Å²) in [7, 11) is 0. The van der Waals surface area contributed by atoms with E-state index in [0.29, 0.717) is 17.5 Å². The second-order valence-electron chi connectivity index (χ2n) is 7.19. The first kappa shape index (κ1) is 19.1. The SMILES string of the molecule is N[C@H]1CN(c2c(F)cc3c(=O)n(N)c(=O)n(C4CC4)c3c2Cl)C[C@@H]1C(F)(F)F. The zero-order valence-electron chi connectivity index (χ0n) is 14.3. The molecule has 1 aliphatic carbocycles. The molecule has 0 spiro atoms. The summed E-state index contributed by atoms with van der Waals surface area (Å²) in [5.74, 6) is 2.69. The molecule has 1 aromatic heterocycles. The van der Waals surface area contributed by atoms with Crippen LogP contribution >= 0.6 is 11.6 Å². The molecule has 2 heterocycles. The Balaban J connectivity index is 1.95. The molecule has 2 atom stereocenters. The Kier molecular flexibility index (Phi) is 4.16. The first-order valence-electron chi connectivity index (χ1n) is 8.54. The maximum Gasteiger partial charge on any atom is 0.395 e. The maximum absolute atomic E-state index is 14.8. The number of alkyl halides is 3. The zero-order valence-corrected chi connectivity index (χ0v) is 15.1. The number of fused-ring (bicyclic) bond motifs is 1. The number of nitrogens with zero attached hydrogens (tertiary/aromatic N) is 3. The van der Waals surface area contributed by atoms with Crippen molar-refractivity contribution in [2.75, 3.05) is 23.8 Å². The number of aromatic nitrogens is 2. The number of nitrogens with two attached hydrogens (primary N) is 2. The van der Waals surface area contributed by atoms with Gasteiger partial charge in [0.15, 0.2) is 0 Å². The average molecular weight is 422 g/mol. The van der Waals surface area contributed by atoms with Crippen LogP contribution in [-0.2, 0) is 0 Å². The molecular formula is C16H16ClF4N5O2. The van der Waals surface area contributed by atoms with Crippen LogP contribution in [0, 0.1) is 11.7 Å². The van der Waals surface area contributed by atoms with Crippen LogP contribution in [0.4, 0.5) is 23.2 Å². The van der Waals surface area contributed by atoms with Gasteiger partial charge in [-0.15, -0.1) is 0 Å². The van der Waals surface area contributed by atoms with Gasteiger partial charge in [0.25, 0.3) is 5.56 Å². The third kappa shape index (κ3) is 2.75. The molecule has 152 valence electrons. The Bertz CT molecular complexity index is 1090. The van der Waals surface area contributed by atoms with Gasteiger partial charge < -0.3 is 16.5 Å². The Hall–Kier alpha value is -2.27. The fourth-order valence-corrected chi connectivity index (χ4v) is 4.15. The van der Waals surface area contributed by atoms with Crippen molar-refractivity contribution in [3.63, 3.8) is 0 Å². The molecule has 2 aliphatic rings. The minimum atomic E-state index is -4.54. The molecule has 2 aromatic rings. The van der Waals surface area contributed by atoms with Crippen LogP contribution in [0.3, 0.4) is 0 Å². The van der Waals surface area contributed by atoms with Crippen LogP contribution in [0.25, 0.3) is 10.9 Å². The molecule has 4 rings (SSSR count). The predicted octanol–water partition coefficient (Wildman–Crippen LogP) is 1.33. The van der Waals surface area contributed by atoms with Crippen molar-refractivity contribution in [1.82, 2.24) is 9.24 Å². The van der Waals surface area contributed by atoms with Crippen LogP contribution in [0.5, 0.6) is 0 Å². The highest BCUT2D eigenvalue weighted by Gasteiger charge is 2.49. The molecule has 2 fully saturated rings. The molecule has 28 heavy (non-hydrogen) atoms. The van der Waals surface area contributed by atoms with E-state index in [4.69, 9.17) is 23.2 Å². The molecule has 0 bridgehead atoms. The normalized spacial score (nSPS) is 23.0. The van der Waals surface area contributed by atoms with Crippen molar-refractivity contribution in [1.29, 1.82) is 0 Å². The summed E-state index contributed by atoms with van der Waals surface area (Å²) in [4.78, 5) is 25.9. The van der Waals surface area contributed by atoms with Crippen molar-refractivity contribution < 1.29 is 17.6 Å². The average Bonchev–Trinajstić information content (AvgIpc) is 3.35. The lowest BCUT2D eigenvalue weighted by atomic mass is 10.0. The Labute approximate surface area is 160 Å². The summed E-state index contributed by atoms with van der Waals surface area (Å²) in [5, 5.41) is -0.511. The van der Waals surface area contributed by atoms with Crippen LogP contribution in [0.15, 0.2) is 15.7 Å². The highest BCUT2D eigenvalue weighted by Crippen LogP contribution is 2.43. The van der Waals surface area contributed by atoms with Gasteiger partial charge in [-0.2, -0.15) is 17.8 Å². The molecule has 0 amide bonds. The zero-order chi connectivity index (χ0) is 20.5. The van der Waals surface area contributed by atoms with E-state index in [-0.39, 0.29) is 34.2 Å². The van der Waals surface area contributed by atoms with E-state index in [9.17, 15) is 27.2 Å². The van der Waals surface area contributed by atoms with Gasteiger partial charge in [-0.1, -0.05) is 11.6 Å². The van der Waals surface area contributed by atoms with E-state index in [2.05, 4.69) is 0 Å². The van der Waals surface area contributed by atoms with Crippen molar-refractivity contribution in [2.24, 2.45) is 11.7 Å². The number of hydrogen-bond acceptors (Lipinski definition) is 5. The van der Waals surface area contributed by atoms with Crippen LogP contribution in [-0.4, -0.2) is 34.6 Å². The van der Waals surface area contributed by atoms with Gasteiger partial charge in [0.2, 0.25) is 0 Å². The molecule has 4 N–H and O–H groups in total. The summed E-state index contributed by atoms with van der Waals surface area (Å²) in [6.07, 6.45) is -3.26. The lowest BCUT2D eigenvalue weighted by molar-refractivity contribution is -0.171. The number of anilines is 1. The third-order valence-corrected chi connectivity index (χ3v) is 5.64. The summed E-state index contributed by atoms with van der Waals surface area (Å²) in [5.41, 5.74) is 3.53. The molecule has 1 aliphatic heterocycles. The van der Waals surface area contributed by atoms with Gasteiger partial charge in [0, 0.05) is 25.2 Å². The molecular weight excluding hydrogens is 406 g/mol. The standard InChI is InChI=1S/C16H16ClF4N5O2/c17-11-12-7(14(27)26(23)15(28)25(12)6-1-2-6)3-9(18)13(11)24-4-8(10(22)5-24)16(19,20)21/h3,6,8,10H,1-2,4-5,22-23H2/t8-,10-/m0/s1. The number of rotatable bonds is 2. The van der Waals surface area contributed by atoms with E-state index in [0.717, 1.165) is 11.0 Å². The van der Waals surface area contributed by atoms with Gasteiger partial charge >= 0.3 is 11.9 Å². The molecule has 1 saturated carbocycles. The van der Waals surface area contributed by atoms with Crippen molar-refractivity contribution >= 4 is 28.2 Å². The maximum atomic E-state index is 14.8. The lowest BCUT2D eigenvalue weighted by Gasteiger charge is -2.23. The second kappa shape index (κ2) is 6.11.